The van der Waals surface area contributed by atoms with E-state index < -0.39 is 21.8 Å². The fraction of sp³-hybridized carbons (Fsp3) is 0.333. The number of nitrogens with zero attached hydrogens (tertiary/aromatic N) is 2. The number of hydrogen-bond acceptors (Lipinski definition) is 5. The highest BCUT2D eigenvalue weighted by Gasteiger charge is 2.33. The van der Waals surface area contributed by atoms with E-state index in [-0.39, 0.29) is 17.3 Å². The lowest BCUT2D eigenvalue weighted by Gasteiger charge is -2.31. The fourth-order valence-corrected chi connectivity index (χ4v) is 6.07. The van der Waals surface area contributed by atoms with Crippen molar-refractivity contribution in [2.75, 3.05) is 18.4 Å². The second kappa shape index (κ2) is 8.05. The Morgan fingerprint density at radius 2 is 1.93 bits per heavy atom. The van der Waals surface area contributed by atoms with Gasteiger partial charge in [0.1, 0.15) is 5.82 Å². The van der Waals surface area contributed by atoms with E-state index in [9.17, 15) is 17.6 Å². The van der Waals surface area contributed by atoms with E-state index in [0.717, 1.165) is 33.5 Å². The fourth-order valence-electron chi connectivity index (χ4n) is 3.62. The molecule has 0 radical (unpaired) electrons. The molecule has 158 valence electrons. The van der Waals surface area contributed by atoms with Gasteiger partial charge in [-0.05, 0) is 68.1 Å². The number of piperidine rings is 1. The molecule has 3 aromatic rings. The number of anilines is 1. The first-order valence-electron chi connectivity index (χ1n) is 9.69. The van der Waals surface area contributed by atoms with Crippen LogP contribution in [0.2, 0.25) is 0 Å². The zero-order chi connectivity index (χ0) is 21.5. The first kappa shape index (κ1) is 20.9. The first-order valence-corrected chi connectivity index (χ1v) is 11.9. The summed E-state index contributed by atoms with van der Waals surface area (Å²) < 4.78 is 41.2. The topological polar surface area (TPSA) is 79.4 Å². The van der Waals surface area contributed by atoms with Crippen molar-refractivity contribution in [1.29, 1.82) is 0 Å². The van der Waals surface area contributed by atoms with Gasteiger partial charge in [-0.25, -0.2) is 17.8 Å². The Bertz CT molecular complexity index is 1210. The molecule has 0 spiro atoms. The summed E-state index contributed by atoms with van der Waals surface area (Å²) in [6.07, 6.45) is 1.18. The van der Waals surface area contributed by atoms with Gasteiger partial charge in [0.05, 0.1) is 21.0 Å². The van der Waals surface area contributed by atoms with Gasteiger partial charge < -0.3 is 5.32 Å². The van der Waals surface area contributed by atoms with Crippen LogP contribution >= 0.6 is 11.3 Å². The second-order valence-corrected chi connectivity index (χ2v) is 10.5. The highest BCUT2D eigenvalue weighted by atomic mass is 32.2. The Labute approximate surface area is 178 Å². The van der Waals surface area contributed by atoms with Crippen molar-refractivity contribution < 1.29 is 17.6 Å². The number of thiazole rings is 1. The van der Waals surface area contributed by atoms with Crippen LogP contribution in [0.4, 0.5) is 9.52 Å². The monoisotopic (exact) mass is 447 g/mol. The summed E-state index contributed by atoms with van der Waals surface area (Å²) in [6, 6.07) is 8.76. The minimum Gasteiger partial charge on any atom is -0.302 e. The molecule has 2 heterocycles. The summed E-state index contributed by atoms with van der Waals surface area (Å²) >= 11 is 1.41. The summed E-state index contributed by atoms with van der Waals surface area (Å²) in [5.74, 6) is -1.20. The van der Waals surface area contributed by atoms with E-state index in [0.29, 0.717) is 24.5 Å². The van der Waals surface area contributed by atoms with Gasteiger partial charge in [0, 0.05) is 13.1 Å². The molecule has 1 aliphatic rings. The lowest BCUT2D eigenvalue weighted by atomic mass is 9.99. The Morgan fingerprint density at radius 1 is 1.20 bits per heavy atom. The van der Waals surface area contributed by atoms with Gasteiger partial charge >= 0.3 is 0 Å². The second-order valence-electron chi connectivity index (χ2n) is 7.52. The van der Waals surface area contributed by atoms with E-state index in [2.05, 4.69) is 10.3 Å². The SMILES string of the molecule is Cc1ccc2sc(NC(=O)C3CCCN(S(=O)(=O)c4ccc(F)cc4)C3)nc2c1C. The largest absolute Gasteiger partial charge is 0.302 e. The standard InChI is InChI=1S/C21H22FN3O3S2/c1-13-5-10-18-19(14(13)2)23-21(29-18)24-20(26)15-4-3-11-25(12-15)30(27,28)17-8-6-16(22)7-9-17/h5-10,15H,3-4,11-12H2,1-2H3,(H,23,24,26). The molecule has 0 aliphatic carbocycles. The number of fused-ring (bicyclic) bond motifs is 1. The van der Waals surface area contributed by atoms with E-state index in [4.69, 9.17) is 0 Å². The number of rotatable bonds is 4. The number of benzene rings is 2. The molecule has 1 fully saturated rings. The van der Waals surface area contributed by atoms with Crippen molar-refractivity contribution >= 4 is 42.6 Å². The molecule has 1 aromatic heterocycles. The average molecular weight is 448 g/mol. The highest BCUT2D eigenvalue weighted by molar-refractivity contribution is 7.89. The number of aryl methyl sites for hydroxylation is 2. The number of carbonyl (C=O) groups is 1. The highest BCUT2D eigenvalue weighted by Crippen LogP contribution is 2.31. The minimum atomic E-state index is -3.78. The van der Waals surface area contributed by atoms with Crippen molar-refractivity contribution in [1.82, 2.24) is 9.29 Å². The molecular formula is C21H22FN3O3S2. The number of nitrogens with one attached hydrogen (secondary N) is 1. The average Bonchev–Trinajstić information content (AvgIpc) is 3.14. The predicted molar refractivity (Wildman–Crippen MR) is 116 cm³/mol. The lowest BCUT2D eigenvalue weighted by molar-refractivity contribution is -0.120. The van der Waals surface area contributed by atoms with Crippen LogP contribution in [0.5, 0.6) is 0 Å². The molecule has 6 nitrogen and oxygen atoms in total. The van der Waals surface area contributed by atoms with Crippen molar-refractivity contribution in [2.24, 2.45) is 5.92 Å². The van der Waals surface area contributed by atoms with E-state index in [1.165, 1.54) is 27.8 Å². The summed E-state index contributed by atoms with van der Waals surface area (Å²) in [6.45, 7) is 4.45. The Hall–Kier alpha value is -2.36. The predicted octanol–water partition coefficient (Wildman–Crippen LogP) is 4.09. The molecule has 30 heavy (non-hydrogen) atoms. The summed E-state index contributed by atoms with van der Waals surface area (Å²) in [5.41, 5.74) is 3.09. The maximum atomic E-state index is 13.1. The molecule has 4 rings (SSSR count). The maximum Gasteiger partial charge on any atom is 0.243 e. The van der Waals surface area contributed by atoms with Crippen LogP contribution in [-0.4, -0.2) is 36.7 Å². The van der Waals surface area contributed by atoms with E-state index >= 15 is 0 Å². The molecule has 2 aromatic carbocycles. The Kier molecular flexibility index (Phi) is 5.61. The summed E-state index contributed by atoms with van der Waals surface area (Å²) in [5, 5.41) is 3.38. The minimum absolute atomic E-state index is 0.0296. The smallest absolute Gasteiger partial charge is 0.243 e. The van der Waals surface area contributed by atoms with E-state index in [1.54, 1.807) is 0 Å². The van der Waals surface area contributed by atoms with Gasteiger partial charge in [-0.15, -0.1) is 0 Å². The van der Waals surface area contributed by atoms with E-state index in [1.807, 2.05) is 26.0 Å². The van der Waals surface area contributed by atoms with Crippen LogP contribution in [-0.2, 0) is 14.8 Å². The first-order chi connectivity index (χ1) is 14.3. The Morgan fingerprint density at radius 3 is 2.67 bits per heavy atom. The molecule has 1 aliphatic heterocycles. The third-order valence-electron chi connectivity index (χ3n) is 5.52. The lowest BCUT2D eigenvalue weighted by Crippen LogP contribution is -2.43. The van der Waals surface area contributed by atoms with Gasteiger partial charge in [0.25, 0.3) is 0 Å². The quantitative estimate of drug-likeness (QED) is 0.653. The van der Waals surface area contributed by atoms with Crippen LogP contribution in [0.1, 0.15) is 24.0 Å². The third-order valence-corrected chi connectivity index (χ3v) is 8.34. The maximum absolute atomic E-state index is 13.1. The van der Waals surface area contributed by atoms with Gasteiger partial charge in [-0.2, -0.15) is 4.31 Å². The normalized spacial score (nSPS) is 17.9. The number of carbonyl (C=O) groups excluding carboxylic acids is 1. The van der Waals surface area contributed by atoms with Crippen molar-refractivity contribution in [3.8, 4) is 0 Å². The van der Waals surface area contributed by atoms with Crippen LogP contribution in [0.25, 0.3) is 10.2 Å². The zero-order valence-corrected chi connectivity index (χ0v) is 18.3. The number of hydrogen-bond donors (Lipinski definition) is 1. The summed E-state index contributed by atoms with van der Waals surface area (Å²) in [7, 11) is -3.78. The summed E-state index contributed by atoms with van der Waals surface area (Å²) in [4.78, 5) is 17.4. The van der Waals surface area contributed by atoms with Gasteiger partial charge in [0.15, 0.2) is 5.13 Å². The van der Waals surface area contributed by atoms with Crippen LogP contribution in [0.3, 0.4) is 0 Å². The van der Waals surface area contributed by atoms with Gasteiger partial charge in [-0.3, -0.25) is 4.79 Å². The third kappa shape index (κ3) is 3.97. The molecule has 9 heteroatoms. The van der Waals surface area contributed by atoms with Crippen LogP contribution in [0, 0.1) is 25.6 Å². The molecule has 1 atom stereocenters. The molecule has 0 bridgehead atoms. The van der Waals surface area contributed by atoms with Crippen molar-refractivity contribution in [3.05, 3.63) is 53.3 Å². The molecule has 0 saturated carbocycles. The molecule has 1 amide bonds. The molecule has 1 unspecified atom stereocenters. The number of amides is 1. The van der Waals surface area contributed by atoms with Gasteiger partial charge in [0.2, 0.25) is 15.9 Å². The van der Waals surface area contributed by atoms with Crippen LogP contribution < -0.4 is 5.32 Å². The molecule has 1 saturated heterocycles. The Balaban J connectivity index is 1.50. The van der Waals surface area contributed by atoms with Crippen molar-refractivity contribution in [3.63, 3.8) is 0 Å². The van der Waals surface area contributed by atoms with Crippen LogP contribution in [0.15, 0.2) is 41.3 Å². The molecule has 1 N–H and O–H groups in total. The van der Waals surface area contributed by atoms with Crippen molar-refractivity contribution in [2.45, 2.75) is 31.6 Å². The number of halogens is 1. The number of aromatic nitrogens is 1. The molecular weight excluding hydrogens is 425 g/mol. The number of sulfonamides is 1. The van der Waals surface area contributed by atoms with Gasteiger partial charge in [-0.1, -0.05) is 17.4 Å². The zero-order valence-electron chi connectivity index (χ0n) is 16.7.